The summed E-state index contributed by atoms with van der Waals surface area (Å²) in [6.45, 7) is 4.25. The number of anilines is 1. The van der Waals surface area contributed by atoms with Crippen molar-refractivity contribution in [2.45, 2.75) is 19.5 Å². The molecule has 1 aliphatic heterocycles. The molecule has 0 spiro atoms. The molecule has 4 heteroatoms. The number of benzene rings is 2. The molecule has 0 bridgehead atoms. The molecule has 0 unspecified atom stereocenters. The van der Waals surface area contributed by atoms with Crippen molar-refractivity contribution in [3.8, 4) is 11.3 Å². The number of rotatable bonds is 0. The van der Waals surface area contributed by atoms with Gasteiger partial charge in [0.05, 0.1) is 11.2 Å². The van der Waals surface area contributed by atoms with Crippen LogP contribution in [0.3, 0.4) is 0 Å². The van der Waals surface area contributed by atoms with Crippen LogP contribution in [0.25, 0.3) is 22.2 Å². The maximum absolute atomic E-state index is 6.17. The highest BCUT2D eigenvalue weighted by Crippen LogP contribution is 2.42. The van der Waals surface area contributed by atoms with Crippen LogP contribution in [0.15, 0.2) is 42.5 Å². The molecule has 1 aliphatic rings. The Morgan fingerprint density at radius 3 is 2.80 bits per heavy atom. The SMILES string of the molecule is CC1(C)Nc2ccc(Cl)cc2-c2c3ccccc3nn21. The summed E-state index contributed by atoms with van der Waals surface area (Å²) in [5, 5.41) is 10.2. The van der Waals surface area contributed by atoms with Gasteiger partial charge in [-0.2, -0.15) is 5.10 Å². The Labute approximate surface area is 122 Å². The Morgan fingerprint density at radius 2 is 1.95 bits per heavy atom. The van der Waals surface area contributed by atoms with Gasteiger partial charge in [0.25, 0.3) is 0 Å². The van der Waals surface area contributed by atoms with E-state index in [0.717, 1.165) is 32.9 Å². The summed E-state index contributed by atoms with van der Waals surface area (Å²) in [7, 11) is 0. The predicted octanol–water partition coefficient (Wildman–Crippen LogP) is 4.47. The molecule has 0 fully saturated rings. The van der Waals surface area contributed by atoms with Gasteiger partial charge in [0.1, 0.15) is 5.66 Å². The van der Waals surface area contributed by atoms with Gasteiger partial charge in [-0.1, -0.05) is 29.8 Å². The normalized spacial score (nSPS) is 15.6. The highest BCUT2D eigenvalue weighted by Gasteiger charge is 2.32. The maximum Gasteiger partial charge on any atom is 0.126 e. The van der Waals surface area contributed by atoms with E-state index >= 15 is 0 Å². The van der Waals surface area contributed by atoms with Gasteiger partial charge in [-0.3, -0.25) is 0 Å². The van der Waals surface area contributed by atoms with Crippen LogP contribution in [0.2, 0.25) is 5.02 Å². The number of aromatic nitrogens is 2. The molecular weight excluding hydrogens is 270 g/mol. The van der Waals surface area contributed by atoms with Gasteiger partial charge in [-0.25, -0.2) is 4.68 Å². The summed E-state index contributed by atoms with van der Waals surface area (Å²) >= 11 is 6.17. The highest BCUT2D eigenvalue weighted by molar-refractivity contribution is 6.31. The van der Waals surface area contributed by atoms with E-state index < -0.39 is 0 Å². The largest absolute Gasteiger partial charge is 0.361 e. The zero-order valence-electron chi connectivity index (χ0n) is 11.3. The van der Waals surface area contributed by atoms with E-state index in [1.165, 1.54) is 0 Å². The Balaban J connectivity index is 2.16. The van der Waals surface area contributed by atoms with Crippen molar-refractivity contribution in [1.82, 2.24) is 9.78 Å². The fraction of sp³-hybridized carbons (Fsp3) is 0.188. The predicted molar refractivity (Wildman–Crippen MR) is 83.1 cm³/mol. The minimum atomic E-state index is -0.269. The lowest BCUT2D eigenvalue weighted by molar-refractivity contribution is 0.372. The average Bonchev–Trinajstić information content (AvgIpc) is 2.80. The lowest BCUT2D eigenvalue weighted by Crippen LogP contribution is -2.39. The van der Waals surface area contributed by atoms with E-state index in [1.807, 2.05) is 36.4 Å². The van der Waals surface area contributed by atoms with Crippen LogP contribution in [-0.4, -0.2) is 9.78 Å². The van der Waals surface area contributed by atoms with E-state index in [9.17, 15) is 0 Å². The number of hydrogen-bond acceptors (Lipinski definition) is 2. The maximum atomic E-state index is 6.17. The molecule has 3 aromatic rings. The van der Waals surface area contributed by atoms with Crippen molar-refractivity contribution >= 4 is 28.2 Å². The fourth-order valence-corrected chi connectivity index (χ4v) is 3.07. The Bertz CT molecular complexity index is 833. The number of nitrogens with zero attached hydrogens (tertiary/aromatic N) is 2. The summed E-state index contributed by atoms with van der Waals surface area (Å²) in [5.41, 5.74) is 4.06. The Morgan fingerprint density at radius 1 is 1.15 bits per heavy atom. The van der Waals surface area contributed by atoms with Gasteiger partial charge in [0, 0.05) is 21.7 Å². The minimum absolute atomic E-state index is 0.269. The fourth-order valence-electron chi connectivity index (χ4n) is 2.90. The summed E-state index contributed by atoms with van der Waals surface area (Å²) in [6, 6.07) is 14.2. The summed E-state index contributed by atoms with van der Waals surface area (Å²) in [6.07, 6.45) is 0. The standard InChI is InChI=1S/C16H14ClN3/c1-16(2)18-13-8-7-10(17)9-12(13)15-11-5-3-4-6-14(11)19-20(15)16/h3-9,18H,1-2H3. The van der Waals surface area contributed by atoms with Crippen LogP contribution in [0.5, 0.6) is 0 Å². The quantitative estimate of drug-likeness (QED) is 0.659. The van der Waals surface area contributed by atoms with Crippen molar-refractivity contribution in [1.29, 1.82) is 0 Å². The van der Waals surface area contributed by atoms with Gasteiger partial charge in [-0.15, -0.1) is 0 Å². The third-order valence-corrected chi connectivity index (χ3v) is 4.02. The lowest BCUT2D eigenvalue weighted by Gasteiger charge is -2.35. The Kier molecular flexibility index (Phi) is 2.22. The molecular formula is C16H14ClN3. The summed E-state index contributed by atoms with van der Waals surface area (Å²) < 4.78 is 2.05. The molecule has 0 atom stereocenters. The first kappa shape index (κ1) is 11.8. The van der Waals surface area contributed by atoms with Crippen molar-refractivity contribution in [3.63, 3.8) is 0 Å². The molecule has 1 aromatic heterocycles. The van der Waals surface area contributed by atoms with Crippen molar-refractivity contribution < 1.29 is 0 Å². The number of fused-ring (bicyclic) bond motifs is 5. The van der Waals surface area contributed by atoms with Crippen LogP contribution in [0.1, 0.15) is 13.8 Å². The van der Waals surface area contributed by atoms with Crippen molar-refractivity contribution in [2.75, 3.05) is 5.32 Å². The molecule has 1 N–H and O–H groups in total. The zero-order valence-corrected chi connectivity index (χ0v) is 12.1. The van der Waals surface area contributed by atoms with Gasteiger partial charge in [-0.05, 0) is 38.1 Å². The van der Waals surface area contributed by atoms with E-state index in [0.29, 0.717) is 0 Å². The van der Waals surface area contributed by atoms with Gasteiger partial charge in [0.2, 0.25) is 0 Å². The molecule has 3 nitrogen and oxygen atoms in total. The van der Waals surface area contributed by atoms with E-state index in [1.54, 1.807) is 0 Å². The molecule has 0 amide bonds. The second kappa shape index (κ2) is 3.76. The molecule has 0 saturated heterocycles. The smallest absolute Gasteiger partial charge is 0.126 e. The highest BCUT2D eigenvalue weighted by atomic mass is 35.5. The first-order valence-corrected chi connectivity index (χ1v) is 7.00. The molecule has 0 radical (unpaired) electrons. The van der Waals surface area contributed by atoms with Gasteiger partial charge < -0.3 is 5.32 Å². The van der Waals surface area contributed by atoms with E-state index in [-0.39, 0.29) is 5.66 Å². The van der Waals surface area contributed by atoms with Crippen LogP contribution >= 0.6 is 11.6 Å². The van der Waals surface area contributed by atoms with E-state index in [4.69, 9.17) is 16.7 Å². The van der Waals surface area contributed by atoms with Crippen LogP contribution in [0.4, 0.5) is 5.69 Å². The first-order chi connectivity index (χ1) is 9.56. The minimum Gasteiger partial charge on any atom is -0.361 e. The molecule has 0 aliphatic carbocycles. The van der Waals surface area contributed by atoms with Gasteiger partial charge >= 0.3 is 0 Å². The zero-order chi connectivity index (χ0) is 13.9. The molecule has 20 heavy (non-hydrogen) atoms. The second-order valence-electron chi connectivity index (χ2n) is 5.65. The van der Waals surface area contributed by atoms with Gasteiger partial charge in [0.15, 0.2) is 0 Å². The first-order valence-electron chi connectivity index (χ1n) is 6.63. The lowest BCUT2D eigenvalue weighted by atomic mass is 10.0. The number of hydrogen-bond donors (Lipinski definition) is 1. The number of halogens is 1. The van der Waals surface area contributed by atoms with Crippen LogP contribution in [-0.2, 0) is 5.66 Å². The molecule has 100 valence electrons. The Hall–Kier alpha value is -2.00. The molecule has 0 saturated carbocycles. The molecule has 4 rings (SSSR count). The average molecular weight is 284 g/mol. The van der Waals surface area contributed by atoms with Crippen molar-refractivity contribution in [2.24, 2.45) is 0 Å². The van der Waals surface area contributed by atoms with E-state index in [2.05, 4.69) is 29.9 Å². The third-order valence-electron chi connectivity index (χ3n) is 3.79. The summed E-state index contributed by atoms with van der Waals surface area (Å²) in [5.74, 6) is 0. The monoisotopic (exact) mass is 283 g/mol. The molecule has 2 aromatic carbocycles. The number of nitrogens with one attached hydrogen (secondary N) is 1. The van der Waals surface area contributed by atoms with Crippen LogP contribution in [0, 0.1) is 0 Å². The van der Waals surface area contributed by atoms with Crippen LogP contribution < -0.4 is 5.32 Å². The topological polar surface area (TPSA) is 29.9 Å². The summed E-state index contributed by atoms with van der Waals surface area (Å²) in [4.78, 5) is 0. The second-order valence-corrected chi connectivity index (χ2v) is 6.09. The van der Waals surface area contributed by atoms with Crippen molar-refractivity contribution in [3.05, 3.63) is 47.5 Å². The molecule has 2 heterocycles. The third kappa shape index (κ3) is 1.50.